The Hall–Kier alpha value is -1.68. The van der Waals surface area contributed by atoms with Crippen molar-refractivity contribution < 1.29 is 4.74 Å². The maximum absolute atomic E-state index is 5.99. The highest BCUT2D eigenvalue weighted by Crippen LogP contribution is 2.20. The molecule has 0 spiro atoms. The predicted octanol–water partition coefficient (Wildman–Crippen LogP) is 3.28. The molecule has 0 saturated heterocycles. The summed E-state index contributed by atoms with van der Waals surface area (Å²) in [6.07, 6.45) is 1.74. The minimum absolute atomic E-state index is 0.245. The van der Waals surface area contributed by atoms with Crippen LogP contribution in [-0.2, 0) is 6.61 Å². The molecule has 0 aliphatic rings. The normalized spacial score (nSPS) is 10.9. The lowest BCUT2D eigenvalue weighted by molar-refractivity contribution is 0.307. The van der Waals surface area contributed by atoms with E-state index < -0.39 is 0 Å². The van der Waals surface area contributed by atoms with Gasteiger partial charge in [0.2, 0.25) is 0 Å². The summed E-state index contributed by atoms with van der Waals surface area (Å²) in [5.74, 6) is 1.41. The smallest absolute Gasteiger partial charge is 0.128 e. The summed E-state index contributed by atoms with van der Waals surface area (Å²) >= 11 is 5.80. The Morgan fingerprint density at radius 2 is 2.00 bits per heavy atom. The molecule has 96 valence electrons. The molecule has 1 heterocycles. The summed E-state index contributed by atoms with van der Waals surface area (Å²) in [6, 6.07) is 7.47. The van der Waals surface area contributed by atoms with Gasteiger partial charge in [0.05, 0.1) is 11.8 Å². The Balaban J connectivity index is 2.04. The van der Waals surface area contributed by atoms with Gasteiger partial charge in [-0.15, -0.1) is 0 Å². The van der Waals surface area contributed by atoms with Crippen LogP contribution >= 0.6 is 11.6 Å². The van der Waals surface area contributed by atoms with Crippen molar-refractivity contribution in [2.24, 2.45) is 0 Å². The van der Waals surface area contributed by atoms with Crippen LogP contribution in [0.25, 0.3) is 0 Å². The summed E-state index contributed by atoms with van der Waals surface area (Å²) in [6.45, 7) is 4.47. The molecule has 0 unspecified atom stereocenters. The maximum atomic E-state index is 5.99. The molecule has 5 heteroatoms. The van der Waals surface area contributed by atoms with Gasteiger partial charge in [0, 0.05) is 11.1 Å². The third-order valence-electron chi connectivity index (χ3n) is 2.61. The van der Waals surface area contributed by atoms with Crippen molar-refractivity contribution in [1.82, 2.24) is 9.78 Å². The van der Waals surface area contributed by atoms with E-state index in [2.05, 4.69) is 5.10 Å². The molecular formula is C13H16ClN3O. The van der Waals surface area contributed by atoms with Crippen LogP contribution < -0.4 is 10.5 Å². The molecule has 0 radical (unpaired) electrons. The van der Waals surface area contributed by atoms with Gasteiger partial charge in [-0.1, -0.05) is 11.6 Å². The Morgan fingerprint density at radius 3 is 2.56 bits per heavy atom. The molecular weight excluding hydrogens is 250 g/mol. The molecule has 1 aromatic carbocycles. The maximum Gasteiger partial charge on any atom is 0.128 e. The van der Waals surface area contributed by atoms with E-state index in [1.807, 2.05) is 26.0 Å². The van der Waals surface area contributed by atoms with Crippen molar-refractivity contribution in [3.63, 3.8) is 0 Å². The number of hydrogen-bond acceptors (Lipinski definition) is 3. The fraction of sp³-hybridized carbons (Fsp3) is 0.308. The summed E-state index contributed by atoms with van der Waals surface area (Å²) in [4.78, 5) is 0. The van der Waals surface area contributed by atoms with Crippen LogP contribution in [0.15, 0.2) is 30.5 Å². The molecule has 0 aliphatic carbocycles. The molecule has 0 fully saturated rings. The van der Waals surface area contributed by atoms with Crippen LogP contribution in [-0.4, -0.2) is 9.78 Å². The lowest BCUT2D eigenvalue weighted by Crippen LogP contribution is -2.08. The Bertz CT molecular complexity index is 520. The molecule has 18 heavy (non-hydrogen) atoms. The minimum Gasteiger partial charge on any atom is -0.489 e. The van der Waals surface area contributed by atoms with E-state index in [9.17, 15) is 0 Å². The molecule has 0 aliphatic heterocycles. The second-order valence-electron chi connectivity index (χ2n) is 4.34. The number of benzene rings is 1. The quantitative estimate of drug-likeness (QED) is 0.923. The highest BCUT2D eigenvalue weighted by Gasteiger charge is 2.10. The van der Waals surface area contributed by atoms with Crippen LogP contribution in [0, 0.1) is 0 Å². The highest BCUT2D eigenvalue weighted by molar-refractivity contribution is 6.30. The summed E-state index contributed by atoms with van der Waals surface area (Å²) in [5, 5.41) is 4.92. The predicted molar refractivity (Wildman–Crippen MR) is 72.8 cm³/mol. The first-order valence-electron chi connectivity index (χ1n) is 5.78. The number of nitrogen functional groups attached to an aromatic ring is 1. The third-order valence-corrected chi connectivity index (χ3v) is 2.86. The number of hydrogen-bond donors (Lipinski definition) is 1. The number of aromatic nitrogens is 2. The summed E-state index contributed by atoms with van der Waals surface area (Å²) < 4.78 is 7.41. The van der Waals surface area contributed by atoms with E-state index in [0.29, 0.717) is 17.4 Å². The number of halogens is 1. The minimum atomic E-state index is 0.245. The fourth-order valence-electron chi connectivity index (χ4n) is 1.62. The largest absolute Gasteiger partial charge is 0.489 e. The Kier molecular flexibility index (Phi) is 3.77. The highest BCUT2D eigenvalue weighted by atomic mass is 35.5. The van der Waals surface area contributed by atoms with Crippen LogP contribution in [0.4, 0.5) is 5.82 Å². The van der Waals surface area contributed by atoms with E-state index in [4.69, 9.17) is 22.1 Å². The van der Waals surface area contributed by atoms with Gasteiger partial charge >= 0.3 is 0 Å². The number of nitrogens with two attached hydrogens (primary N) is 1. The average molecular weight is 266 g/mol. The molecule has 0 bridgehead atoms. The standard InChI is InChI=1S/C13H16ClN3O/c1-9(2)17-13(15)10(7-16-17)8-18-12-5-3-11(14)4-6-12/h3-7,9H,8,15H2,1-2H3. The first kappa shape index (κ1) is 12.8. The topological polar surface area (TPSA) is 53.1 Å². The summed E-state index contributed by atoms with van der Waals surface area (Å²) in [7, 11) is 0. The van der Waals surface area contributed by atoms with E-state index in [1.54, 1.807) is 23.0 Å². The van der Waals surface area contributed by atoms with Crippen molar-refractivity contribution in [2.75, 3.05) is 5.73 Å². The van der Waals surface area contributed by atoms with E-state index in [1.165, 1.54) is 0 Å². The zero-order valence-electron chi connectivity index (χ0n) is 10.4. The number of nitrogens with zero attached hydrogens (tertiary/aromatic N) is 2. The zero-order chi connectivity index (χ0) is 13.1. The fourth-order valence-corrected chi connectivity index (χ4v) is 1.75. The van der Waals surface area contributed by atoms with Gasteiger partial charge in [-0.2, -0.15) is 5.10 Å². The van der Waals surface area contributed by atoms with Crippen LogP contribution in [0.3, 0.4) is 0 Å². The molecule has 0 saturated carbocycles. The van der Waals surface area contributed by atoms with Gasteiger partial charge in [-0.05, 0) is 38.1 Å². The molecule has 2 N–H and O–H groups in total. The van der Waals surface area contributed by atoms with Gasteiger partial charge in [-0.25, -0.2) is 4.68 Å². The van der Waals surface area contributed by atoms with Gasteiger partial charge in [-0.3, -0.25) is 0 Å². The van der Waals surface area contributed by atoms with E-state index >= 15 is 0 Å². The Morgan fingerprint density at radius 1 is 1.33 bits per heavy atom. The van der Waals surface area contributed by atoms with E-state index in [0.717, 1.165) is 11.3 Å². The zero-order valence-corrected chi connectivity index (χ0v) is 11.2. The third kappa shape index (κ3) is 2.76. The van der Waals surface area contributed by atoms with Crippen molar-refractivity contribution >= 4 is 17.4 Å². The first-order valence-corrected chi connectivity index (χ1v) is 6.16. The average Bonchev–Trinajstić information content (AvgIpc) is 2.70. The molecule has 0 atom stereocenters. The van der Waals surface area contributed by atoms with Crippen LogP contribution in [0.1, 0.15) is 25.5 Å². The van der Waals surface area contributed by atoms with Gasteiger partial charge < -0.3 is 10.5 Å². The second kappa shape index (κ2) is 5.31. The first-order chi connectivity index (χ1) is 8.58. The number of ether oxygens (including phenoxy) is 1. The molecule has 0 amide bonds. The van der Waals surface area contributed by atoms with Crippen molar-refractivity contribution in [1.29, 1.82) is 0 Å². The lowest BCUT2D eigenvalue weighted by Gasteiger charge is -2.09. The van der Waals surface area contributed by atoms with Crippen LogP contribution in [0.5, 0.6) is 5.75 Å². The Labute approximate surface area is 111 Å². The molecule has 2 rings (SSSR count). The summed E-state index contributed by atoms with van der Waals surface area (Å²) in [5.41, 5.74) is 6.88. The van der Waals surface area contributed by atoms with Crippen molar-refractivity contribution in [3.8, 4) is 5.75 Å². The molecule has 4 nitrogen and oxygen atoms in total. The van der Waals surface area contributed by atoms with Crippen molar-refractivity contribution in [2.45, 2.75) is 26.5 Å². The monoisotopic (exact) mass is 265 g/mol. The van der Waals surface area contributed by atoms with Gasteiger partial charge in [0.25, 0.3) is 0 Å². The number of anilines is 1. The molecule has 2 aromatic rings. The lowest BCUT2D eigenvalue weighted by atomic mass is 10.3. The van der Waals surface area contributed by atoms with Gasteiger partial charge in [0.1, 0.15) is 18.2 Å². The second-order valence-corrected chi connectivity index (χ2v) is 4.77. The SMILES string of the molecule is CC(C)n1ncc(COc2ccc(Cl)cc2)c1N. The van der Waals surface area contributed by atoms with Crippen LogP contribution in [0.2, 0.25) is 5.02 Å². The van der Waals surface area contributed by atoms with Crippen molar-refractivity contribution in [3.05, 3.63) is 41.0 Å². The van der Waals surface area contributed by atoms with Gasteiger partial charge in [0.15, 0.2) is 0 Å². The molecule has 1 aromatic heterocycles. The van der Waals surface area contributed by atoms with E-state index in [-0.39, 0.29) is 6.04 Å². The number of rotatable bonds is 4.